The van der Waals surface area contributed by atoms with Crippen LogP contribution in [0, 0.1) is 0 Å². The summed E-state index contributed by atoms with van der Waals surface area (Å²) in [5.41, 5.74) is 0. The molecule has 0 aromatic carbocycles. The quantitative estimate of drug-likeness (QED) is 0.0290. The summed E-state index contributed by atoms with van der Waals surface area (Å²) in [4.78, 5) is 36.9. The van der Waals surface area contributed by atoms with Crippen LogP contribution in [0.3, 0.4) is 0 Å². The van der Waals surface area contributed by atoms with Gasteiger partial charge in [0.1, 0.15) is 6.61 Å². The molecule has 0 heterocycles. The lowest BCUT2D eigenvalue weighted by atomic mass is 10.0. The van der Waals surface area contributed by atoms with E-state index >= 15 is 0 Å². The molecule has 0 rings (SSSR count). The molecule has 52 heavy (non-hydrogen) atoms. The number of allylic oxidation sites excluding steroid dienone is 2. The highest BCUT2D eigenvalue weighted by atomic mass is 16.6. The first-order chi connectivity index (χ1) is 25.1. The standard InChI is InChI=1S/C44H83NO7/c1-6-8-10-12-14-16-18-20-21-22-23-25-27-29-31-33-35-43(47)52-40(38-50-37-36-41(44(48)49)45(3,4)5)39-51-42(46)34-32-30-28-26-24-19-17-15-13-11-9-7-2/h21-22,40-41H,6-20,23-39H2,1-5H3/p+1/b22-21-. The molecule has 1 N–H and O–H groups in total. The zero-order chi connectivity index (χ0) is 38.5. The van der Waals surface area contributed by atoms with E-state index in [2.05, 4.69) is 26.0 Å². The van der Waals surface area contributed by atoms with E-state index in [9.17, 15) is 19.5 Å². The molecule has 0 aliphatic carbocycles. The van der Waals surface area contributed by atoms with Crippen LogP contribution in [0.1, 0.15) is 200 Å². The van der Waals surface area contributed by atoms with Crippen LogP contribution in [0.2, 0.25) is 0 Å². The zero-order valence-electron chi connectivity index (χ0n) is 34.8. The summed E-state index contributed by atoms with van der Waals surface area (Å²) < 4.78 is 17.3. The minimum atomic E-state index is -0.874. The van der Waals surface area contributed by atoms with E-state index in [0.717, 1.165) is 51.4 Å². The summed E-state index contributed by atoms with van der Waals surface area (Å²) in [5.74, 6) is -1.47. The van der Waals surface area contributed by atoms with Crippen molar-refractivity contribution in [1.82, 2.24) is 0 Å². The van der Waals surface area contributed by atoms with Crippen LogP contribution in [0.25, 0.3) is 0 Å². The average Bonchev–Trinajstić information content (AvgIpc) is 3.09. The molecule has 0 fully saturated rings. The van der Waals surface area contributed by atoms with E-state index < -0.39 is 18.1 Å². The fraction of sp³-hybridized carbons (Fsp3) is 0.886. The molecule has 0 bridgehead atoms. The number of carbonyl (C=O) groups excluding carboxylic acids is 2. The Hall–Kier alpha value is -1.93. The van der Waals surface area contributed by atoms with Gasteiger partial charge in [0.2, 0.25) is 0 Å². The second-order valence-corrected chi connectivity index (χ2v) is 16.0. The maximum Gasteiger partial charge on any atom is 0.362 e. The number of unbranched alkanes of at least 4 members (excludes halogenated alkanes) is 23. The highest BCUT2D eigenvalue weighted by molar-refractivity contribution is 5.72. The molecule has 0 aromatic heterocycles. The average molecular weight is 739 g/mol. The number of rotatable bonds is 39. The van der Waals surface area contributed by atoms with Crippen molar-refractivity contribution in [2.45, 2.75) is 212 Å². The van der Waals surface area contributed by atoms with Gasteiger partial charge in [-0.15, -0.1) is 0 Å². The highest BCUT2D eigenvalue weighted by Crippen LogP contribution is 2.15. The van der Waals surface area contributed by atoms with Crippen molar-refractivity contribution in [2.24, 2.45) is 0 Å². The van der Waals surface area contributed by atoms with Gasteiger partial charge in [-0.2, -0.15) is 0 Å². The van der Waals surface area contributed by atoms with Crippen molar-refractivity contribution in [1.29, 1.82) is 0 Å². The first-order valence-electron chi connectivity index (χ1n) is 21.7. The summed E-state index contributed by atoms with van der Waals surface area (Å²) in [6, 6.07) is -0.611. The molecule has 0 aliphatic heterocycles. The fourth-order valence-corrected chi connectivity index (χ4v) is 6.50. The lowest BCUT2D eigenvalue weighted by Crippen LogP contribution is -2.50. The van der Waals surface area contributed by atoms with Crippen molar-refractivity contribution in [3.63, 3.8) is 0 Å². The minimum Gasteiger partial charge on any atom is -0.477 e. The van der Waals surface area contributed by atoms with Gasteiger partial charge in [-0.05, 0) is 38.5 Å². The molecule has 0 amide bonds. The molecule has 0 saturated heterocycles. The number of quaternary nitrogens is 1. The van der Waals surface area contributed by atoms with Crippen LogP contribution >= 0.6 is 0 Å². The van der Waals surface area contributed by atoms with E-state index in [0.29, 0.717) is 19.3 Å². The maximum absolute atomic E-state index is 12.7. The van der Waals surface area contributed by atoms with Gasteiger partial charge < -0.3 is 23.8 Å². The third-order valence-electron chi connectivity index (χ3n) is 9.91. The Morgan fingerprint density at radius 2 is 0.962 bits per heavy atom. The Morgan fingerprint density at radius 3 is 1.38 bits per heavy atom. The number of hydrogen-bond donors (Lipinski definition) is 1. The predicted octanol–water partition coefficient (Wildman–Crippen LogP) is 11.5. The third kappa shape index (κ3) is 33.9. The second-order valence-electron chi connectivity index (χ2n) is 16.0. The van der Waals surface area contributed by atoms with Gasteiger partial charge >= 0.3 is 17.9 Å². The SMILES string of the molecule is CCCCCCCCC/C=C\CCCCCCCC(=O)OC(COCCC(C(=O)O)[N+](C)(C)C)COC(=O)CCCCCCCCCCCCCC. The number of hydrogen-bond acceptors (Lipinski definition) is 6. The molecule has 0 aliphatic rings. The topological polar surface area (TPSA) is 99.1 Å². The van der Waals surface area contributed by atoms with E-state index in [1.165, 1.54) is 116 Å². The van der Waals surface area contributed by atoms with Gasteiger partial charge in [-0.25, -0.2) is 4.79 Å². The van der Waals surface area contributed by atoms with Gasteiger partial charge in [0, 0.05) is 19.3 Å². The van der Waals surface area contributed by atoms with Crippen molar-refractivity contribution in [2.75, 3.05) is 41.0 Å². The van der Waals surface area contributed by atoms with Crippen LogP contribution in [0.4, 0.5) is 0 Å². The first-order valence-corrected chi connectivity index (χ1v) is 21.7. The Balaban J connectivity index is 4.34. The summed E-state index contributed by atoms with van der Waals surface area (Å²) in [5, 5.41) is 9.60. The number of carboxylic acid groups (broad SMARTS) is 1. The number of esters is 2. The summed E-state index contributed by atoms with van der Waals surface area (Å²) in [6.07, 6.45) is 36.7. The lowest BCUT2D eigenvalue weighted by molar-refractivity contribution is -0.887. The molecular formula is C44H84NO7+. The number of ether oxygens (including phenoxy) is 3. The largest absolute Gasteiger partial charge is 0.477 e. The fourth-order valence-electron chi connectivity index (χ4n) is 6.50. The van der Waals surface area contributed by atoms with Crippen LogP contribution in [-0.4, -0.2) is 80.6 Å². The van der Waals surface area contributed by atoms with Gasteiger partial charge in [0.15, 0.2) is 12.1 Å². The Kier molecular flexibility index (Phi) is 34.7. The Labute approximate surface area is 320 Å². The number of carbonyl (C=O) groups is 3. The zero-order valence-corrected chi connectivity index (χ0v) is 34.8. The van der Waals surface area contributed by atoms with E-state index in [1.54, 1.807) is 0 Å². The lowest BCUT2D eigenvalue weighted by Gasteiger charge is -2.31. The van der Waals surface area contributed by atoms with Gasteiger partial charge in [0.05, 0.1) is 34.4 Å². The van der Waals surface area contributed by atoms with Gasteiger partial charge in [-0.1, -0.05) is 154 Å². The van der Waals surface area contributed by atoms with Crippen LogP contribution in [-0.2, 0) is 28.6 Å². The summed E-state index contributed by atoms with van der Waals surface area (Å²) in [7, 11) is 5.53. The molecule has 8 heteroatoms. The minimum absolute atomic E-state index is 0.0486. The van der Waals surface area contributed by atoms with Crippen LogP contribution in [0.15, 0.2) is 12.2 Å². The maximum atomic E-state index is 12.7. The summed E-state index contributed by atoms with van der Waals surface area (Å²) in [6.45, 7) is 4.74. The number of aliphatic carboxylic acids is 1. The molecule has 8 nitrogen and oxygen atoms in total. The number of nitrogens with zero attached hydrogens (tertiary/aromatic N) is 1. The monoisotopic (exact) mass is 739 g/mol. The van der Waals surface area contributed by atoms with Crippen molar-refractivity contribution in [3.05, 3.63) is 12.2 Å². The normalized spacial score (nSPS) is 13.0. The molecule has 2 atom stereocenters. The molecule has 0 radical (unpaired) electrons. The highest BCUT2D eigenvalue weighted by Gasteiger charge is 2.31. The molecule has 306 valence electrons. The van der Waals surface area contributed by atoms with E-state index in [-0.39, 0.29) is 36.2 Å². The molecule has 2 unspecified atom stereocenters. The smallest absolute Gasteiger partial charge is 0.362 e. The predicted molar refractivity (Wildman–Crippen MR) is 215 cm³/mol. The Bertz CT molecular complexity index is 869. The van der Waals surface area contributed by atoms with Gasteiger partial charge in [-0.3, -0.25) is 9.59 Å². The third-order valence-corrected chi connectivity index (χ3v) is 9.91. The first kappa shape index (κ1) is 50.1. The van der Waals surface area contributed by atoms with Crippen molar-refractivity contribution >= 4 is 17.9 Å². The molecular weight excluding hydrogens is 654 g/mol. The van der Waals surface area contributed by atoms with Crippen molar-refractivity contribution < 1.29 is 38.2 Å². The van der Waals surface area contributed by atoms with E-state index in [1.807, 2.05) is 21.1 Å². The molecule has 0 aromatic rings. The molecule has 0 saturated carbocycles. The van der Waals surface area contributed by atoms with Crippen molar-refractivity contribution in [3.8, 4) is 0 Å². The second kappa shape index (κ2) is 36.1. The Morgan fingerprint density at radius 1 is 0.558 bits per heavy atom. The molecule has 0 spiro atoms. The van der Waals surface area contributed by atoms with Crippen LogP contribution in [0.5, 0.6) is 0 Å². The summed E-state index contributed by atoms with van der Waals surface area (Å²) >= 11 is 0. The number of likely N-dealkylation sites (N-methyl/N-ethyl adjacent to an activating group) is 1. The number of carboxylic acids is 1. The van der Waals surface area contributed by atoms with Gasteiger partial charge in [0.25, 0.3) is 0 Å². The van der Waals surface area contributed by atoms with E-state index in [4.69, 9.17) is 14.2 Å². The van der Waals surface area contributed by atoms with Crippen LogP contribution < -0.4 is 0 Å².